The van der Waals surface area contributed by atoms with Crippen molar-refractivity contribution in [2.75, 3.05) is 0 Å². The molecule has 26 heavy (non-hydrogen) atoms. The fourth-order valence-corrected chi connectivity index (χ4v) is 2.41. The van der Waals surface area contributed by atoms with E-state index in [9.17, 15) is 5.11 Å². The largest absolute Gasteiger partial charge is 0.507 e. The Morgan fingerprint density at radius 2 is 1.58 bits per heavy atom. The van der Waals surface area contributed by atoms with Gasteiger partial charge in [-0.2, -0.15) is 41.8 Å². The number of aryl methyl sites for hydroxylation is 3. The smallest absolute Gasteiger partial charge is 0.119 e. The van der Waals surface area contributed by atoms with E-state index in [1.54, 1.807) is 6.92 Å². The average Bonchev–Trinajstić information content (AvgIpc) is 2.52. The molecule has 1 unspecified atom stereocenters. The summed E-state index contributed by atoms with van der Waals surface area (Å²) in [4.78, 5) is 0. The Bertz CT molecular complexity index is 667. The number of phenols is 1. The molecule has 2 radical (unpaired) electrons. The van der Waals surface area contributed by atoms with Crippen LogP contribution < -0.4 is 0 Å². The normalized spacial score (nSPS) is 10.7. The fourth-order valence-electron chi connectivity index (χ4n) is 2.41. The standard InChI is InChI=1S/2C11H15O.2Y/c1-8-4-5-11(6-9(8)2)7-10(3)12;1-4-5-10-7-6-8(2)9(3)11(10)12;;/h4-5,10,12H,7H2,1-3H3;4,6-7,12H,5H2,1-3H3;;/q2*-1;;. The summed E-state index contributed by atoms with van der Waals surface area (Å²) < 4.78 is 0. The maximum Gasteiger partial charge on any atom is 0.119 e. The van der Waals surface area contributed by atoms with Gasteiger partial charge in [0.15, 0.2) is 0 Å². The Hall–Kier alpha value is 0.408. The molecule has 0 saturated carbocycles. The van der Waals surface area contributed by atoms with Crippen molar-refractivity contribution in [3.8, 4) is 5.75 Å². The van der Waals surface area contributed by atoms with Gasteiger partial charge in [0.1, 0.15) is 5.75 Å². The predicted molar refractivity (Wildman–Crippen MR) is 101 cm³/mol. The molecule has 0 heterocycles. The number of hydrogen-bond donors (Lipinski definition) is 2. The minimum absolute atomic E-state index is 0. The Morgan fingerprint density at radius 3 is 2.08 bits per heavy atom. The monoisotopic (exact) mass is 504 g/mol. The van der Waals surface area contributed by atoms with Crippen molar-refractivity contribution in [2.45, 2.75) is 60.5 Å². The molecule has 2 aromatic carbocycles. The van der Waals surface area contributed by atoms with Gasteiger partial charge in [0.25, 0.3) is 0 Å². The Labute approximate surface area is 209 Å². The molecule has 0 aliphatic carbocycles. The van der Waals surface area contributed by atoms with E-state index in [1.807, 2.05) is 52.3 Å². The first kappa shape index (κ1) is 28.6. The van der Waals surface area contributed by atoms with Gasteiger partial charge >= 0.3 is 0 Å². The molecule has 2 rings (SSSR count). The van der Waals surface area contributed by atoms with E-state index in [0.717, 1.165) is 28.7 Å². The van der Waals surface area contributed by atoms with Crippen LogP contribution in [0.25, 0.3) is 0 Å². The summed E-state index contributed by atoms with van der Waals surface area (Å²) >= 11 is 0. The van der Waals surface area contributed by atoms with Gasteiger partial charge in [-0.15, -0.1) is 6.42 Å². The molecule has 0 amide bonds. The zero-order valence-corrected chi connectivity index (χ0v) is 22.6. The topological polar surface area (TPSA) is 40.5 Å². The van der Waals surface area contributed by atoms with Crippen LogP contribution in [0, 0.1) is 40.2 Å². The summed E-state index contributed by atoms with van der Waals surface area (Å²) in [6.45, 7) is 11.9. The fraction of sp³-hybridized carbons (Fsp3) is 0.409. The van der Waals surface area contributed by atoms with Crippen molar-refractivity contribution in [3.05, 3.63) is 70.1 Å². The molecule has 2 N–H and O–H groups in total. The zero-order valence-electron chi connectivity index (χ0n) is 16.9. The van der Waals surface area contributed by atoms with Crippen molar-refractivity contribution in [2.24, 2.45) is 0 Å². The Kier molecular flexibility index (Phi) is 15.9. The molecule has 0 bridgehead atoms. The van der Waals surface area contributed by atoms with Crippen LogP contribution >= 0.6 is 0 Å². The van der Waals surface area contributed by atoms with Crippen LogP contribution in [-0.2, 0) is 78.3 Å². The van der Waals surface area contributed by atoms with Crippen molar-refractivity contribution >= 4 is 0 Å². The minimum atomic E-state index is -0.275. The SMILES string of the molecule is C[CH-]Cc1ccc(C)c(C)c1O.Cc1[c-]c(CC(C)O)ccc1C.[Y].[Y]. The molecule has 4 heteroatoms. The maximum absolute atomic E-state index is 9.69. The van der Waals surface area contributed by atoms with Crippen LogP contribution in [0.1, 0.15) is 47.2 Å². The quantitative estimate of drug-likeness (QED) is 0.588. The number of aliphatic hydroxyl groups excluding tert-OH is 1. The molecule has 2 nitrogen and oxygen atoms in total. The van der Waals surface area contributed by atoms with E-state index in [-0.39, 0.29) is 71.5 Å². The molecule has 0 saturated heterocycles. The Morgan fingerprint density at radius 1 is 1.00 bits per heavy atom. The average molecular weight is 504 g/mol. The summed E-state index contributed by atoms with van der Waals surface area (Å²) in [6, 6.07) is 11.4. The molecule has 0 fully saturated rings. The molecule has 2 aromatic rings. The van der Waals surface area contributed by atoms with Crippen LogP contribution in [-0.4, -0.2) is 16.3 Å². The van der Waals surface area contributed by atoms with Gasteiger partial charge in [-0.05, 0) is 43.9 Å². The number of hydrogen-bond acceptors (Lipinski definition) is 2. The summed E-state index contributed by atoms with van der Waals surface area (Å²) in [7, 11) is 0. The van der Waals surface area contributed by atoms with Crippen LogP contribution in [0.2, 0.25) is 0 Å². The van der Waals surface area contributed by atoms with Gasteiger partial charge in [-0.3, -0.25) is 0 Å². The summed E-state index contributed by atoms with van der Waals surface area (Å²) in [6.07, 6.45) is 3.31. The van der Waals surface area contributed by atoms with Gasteiger partial charge in [0.05, 0.1) is 6.10 Å². The Balaban J connectivity index is 0. The van der Waals surface area contributed by atoms with Crippen molar-refractivity contribution < 1.29 is 75.6 Å². The number of rotatable bonds is 4. The molecule has 0 spiro atoms. The van der Waals surface area contributed by atoms with Gasteiger partial charge in [-0.1, -0.05) is 26.0 Å². The number of aromatic hydroxyl groups is 1. The van der Waals surface area contributed by atoms with E-state index in [0.29, 0.717) is 12.2 Å². The first-order valence-corrected chi connectivity index (χ1v) is 8.48. The van der Waals surface area contributed by atoms with Gasteiger partial charge in [0.2, 0.25) is 0 Å². The number of aliphatic hydroxyl groups is 1. The van der Waals surface area contributed by atoms with Crippen LogP contribution in [0.4, 0.5) is 0 Å². The summed E-state index contributed by atoms with van der Waals surface area (Å²) in [5.41, 5.74) is 6.67. The first-order valence-electron chi connectivity index (χ1n) is 8.48. The second-order valence-corrected chi connectivity index (χ2v) is 6.47. The van der Waals surface area contributed by atoms with Crippen molar-refractivity contribution in [3.63, 3.8) is 0 Å². The van der Waals surface area contributed by atoms with Crippen molar-refractivity contribution in [1.82, 2.24) is 0 Å². The first-order chi connectivity index (χ1) is 11.3. The molecular weight excluding hydrogens is 474 g/mol. The summed E-state index contributed by atoms with van der Waals surface area (Å²) in [5.74, 6) is 0.452. The van der Waals surface area contributed by atoms with E-state index in [2.05, 4.69) is 19.1 Å². The second kappa shape index (κ2) is 14.4. The molecule has 0 aromatic heterocycles. The van der Waals surface area contributed by atoms with Crippen LogP contribution in [0.15, 0.2) is 24.3 Å². The van der Waals surface area contributed by atoms with Crippen molar-refractivity contribution in [1.29, 1.82) is 0 Å². The summed E-state index contributed by atoms with van der Waals surface area (Å²) in [5, 5.41) is 18.8. The third kappa shape index (κ3) is 9.56. The molecule has 0 aliphatic heterocycles. The van der Waals surface area contributed by atoms with E-state index in [1.165, 1.54) is 11.1 Å². The molecular formula is C22H30O2Y2-2. The number of phenolic OH excluding ortho intramolecular Hbond substituents is 1. The predicted octanol–water partition coefficient (Wildman–Crippen LogP) is 4.80. The molecule has 0 aliphatic rings. The van der Waals surface area contributed by atoms with Crippen LogP contribution in [0.3, 0.4) is 0 Å². The molecule has 1 atom stereocenters. The van der Waals surface area contributed by atoms with E-state index in [4.69, 9.17) is 5.11 Å². The third-order valence-electron chi connectivity index (χ3n) is 4.20. The minimum Gasteiger partial charge on any atom is -0.507 e. The van der Waals surface area contributed by atoms with Gasteiger partial charge < -0.3 is 16.6 Å². The third-order valence-corrected chi connectivity index (χ3v) is 4.20. The van der Waals surface area contributed by atoms with E-state index >= 15 is 0 Å². The number of benzene rings is 2. The van der Waals surface area contributed by atoms with Crippen LogP contribution in [0.5, 0.6) is 5.75 Å². The second-order valence-electron chi connectivity index (χ2n) is 6.47. The molecule has 138 valence electrons. The van der Waals surface area contributed by atoms with E-state index < -0.39 is 0 Å². The maximum atomic E-state index is 9.69. The zero-order chi connectivity index (χ0) is 18.3. The van der Waals surface area contributed by atoms with Gasteiger partial charge in [-0.25, -0.2) is 0 Å². The van der Waals surface area contributed by atoms with Gasteiger partial charge in [0, 0.05) is 65.4 Å².